The molecule has 6 heteroatoms. The standard InChI is InChI=1S/C13H20BNO3S/c1-8-4-5-11(9(2)6-8)7-12(14(17)18)15-13(16)10(3)19/h4-6,10,12,17-19H,7H2,1-3H3,(H,15,16)/t10?,12-/m0/s1. The highest BCUT2D eigenvalue weighted by atomic mass is 32.1. The van der Waals surface area contributed by atoms with Gasteiger partial charge in [-0.3, -0.25) is 4.79 Å². The number of carbonyl (C=O) groups excluding carboxylic acids is 1. The number of nitrogens with one attached hydrogen (secondary N) is 1. The van der Waals surface area contributed by atoms with Gasteiger partial charge in [-0.05, 0) is 38.3 Å². The predicted octanol–water partition coefficient (Wildman–Crippen LogP) is 0.661. The first kappa shape index (κ1) is 16.1. The largest absolute Gasteiger partial charge is 0.475 e. The van der Waals surface area contributed by atoms with Gasteiger partial charge in [0, 0.05) is 0 Å². The van der Waals surface area contributed by atoms with Crippen LogP contribution in [0.1, 0.15) is 23.6 Å². The fourth-order valence-corrected chi connectivity index (χ4v) is 1.92. The zero-order chi connectivity index (χ0) is 14.6. The Balaban J connectivity index is 2.81. The lowest BCUT2D eigenvalue weighted by Crippen LogP contribution is -2.49. The summed E-state index contributed by atoms with van der Waals surface area (Å²) in [6.45, 7) is 5.60. The molecule has 0 aromatic heterocycles. The van der Waals surface area contributed by atoms with E-state index < -0.39 is 18.3 Å². The molecule has 0 saturated heterocycles. The van der Waals surface area contributed by atoms with Crippen molar-refractivity contribution in [1.29, 1.82) is 0 Å². The molecule has 0 radical (unpaired) electrons. The second-order valence-corrected chi connectivity index (χ2v) is 5.61. The molecule has 0 saturated carbocycles. The van der Waals surface area contributed by atoms with Gasteiger partial charge in [0.25, 0.3) is 0 Å². The number of amides is 1. The van der Waals surface area contributed by atoms with Crippen LogP contribution in [0, 0.1) is 13.8 Å². The first-order valence-electron chi connectivity index (χ1n) is 6.22. The summed E-state index contributed by atoms with van der Waals surface area (Å²) in [6, 6.07) is 5.93. The van der Waals surface area contributed by atoms with Crippen molar-refractivity contribution in [1.82, 2.24) is 5.32 Å². The fraction of sp³-hybridized carbons (Fsp3) is 0.462. The van der Waals surface area contributed by atoms with Crippen molar-refractivity contribution < 1.29 is 14.8 Å². The van der Waals surface area contributed by atoms with Crippen molar-refractivity contribution in [3.63, 3.8) is 0 Å². The van der Waals surface area contributed by atoms with Crippen LogP contribution in [0.2, 0.25) is 0 Å². The summed E-state index contributed by atoms with van der Waals surface area (Å²) in [4.78, 5) is 11.6. The third-order valence-corrected chi connectivity index (χ3v) is 3.24. The van der Waals surface area contributed by atoms with Crippen molar-refractivity contribution in [2.75, 3.05) is 0 Å². The van der Waals surface area contributed by atoms with Gasteiger partial charge in [-0.25, -0.2) is 0 Å². The van der Waals surface area contributed by atoms with Gasteiger partial charge in [0.1, 0.15) is 0 Å². The molecule has 1 aromatic rings. The molecule has 4 nitrogen and oxygen atoms in total. The topological polar surface area (TPSA) is 69.6 Å². The molecule has 1 unspecified atom stereocenters. The highest BCUT2D eigenvalue weighted by molar-refractivity contribution is 7.81. The zero-order valence-corrected chi connectivity index (χ0v) is 12.3. The number of aryl methyl sites for hydroxylation is 2. The van der Waals surface area contributed by atoms with Crippen LogP contribution >= 0.6 is 12.6 Å². The van der Waals surface area contributed by atoms with E-state index in [4.69, 9.17) is 0 Å². The maximum atomic E-state index is 11.6. The van der Waals surface area contributed by atoms with Gasteiger partial charge in [-0.2, -0.15) is 12.6 Å². The molecule has 0 aliphatic heterocycles. The minimum Gasteiger partial charge on any atom is -0.426 e. The first-order chi connectivity index (χ1) is 8.81. The molecule has 0 heterocycles. The monoisotopic (exact) mass is 281 g/mol. The summed E-state index contributed by atoms with van der Waals surface area (Å²) < 4.78 is 0. The fourth-order valence-electron chi connectivity index (χ4n) is 1.85. The van der Waals surface area contributed by atoms with Crippen LogP contribution in [0.5, 0.6) is 0 Å². The Morgan fingerprint density at radius 3 is 2.53 bits per heavy atom. The predicted molar refractivity (Wildman–Crippen MR) is 80.2 cm³/mol. The summed E-state index contributed by atoms with van der Waals surface area (Å²) in [5.74, 6) is -1.05. The van der Waals surface area contributed by atoms with Gasteiger partial charge < -0.3 is 15.4 Å². The van der Waals surface area contributed by atoms with Crippen LogP contribution in [0.3, 0.4) is 0 Å². The van der Waals surface area contributed by atoms with E-state index >= 15 is 0 Å². The molecule has 0 bridgehead atoms. The minimum atomic E-state index is -1.60. The lowest BCUT2D eigenvalue weighted by atomic mass is 9.75. The number of rotatable bonds is 5. The van der Waals surface area contributed by atoms with Gasteiger partial charge in [-0.1, -0.05) is 23.8 Å². The minimum absolute atomic E-state index is 0.314. The van der Waals surface area contributed by atoms with Gasteiger partial charge in [0.15, 0.2) is 0 Å². The SMILES string of the molecule is Cc1ccc(C[C@H](NC(=O)C(C)S)B(O)O)c(C)c1. The van der Waals surface area contributed by atoms with Crippen LogP contribution in [0.15, 0.2) is 18.2 Å². The second-order valence-electron chi connectivity index (χ2n) is 4.84. The van der Waals surface area contributed by atoms with Crippen molar-refractivity contribution in [3.8, 4) is 0 Å². The van der Waals surface area contributed by atoms with Gasteiger partial charge >= 0.3 is 7.12 Å². The van der Waals surface area contributed by atoms with Gasteiger partial charge in [0.05, 0.1) is 11.2 Å². The molecule has 0 aliphatic carbocycles. The lowest BCUT2D eigenvalue weighted by molar-refractivity contribution is -0.120. The maximum absolute atomic E-state index is 11.6. The third kappa shape index (κ3) is 4.89. The zero-order valence-electron chi connectivity index (χ0n) is 11.4. The first-order valence-corrected chi connectivity index (χ1v) is 6.73. The van der Waals surface area contributed by atoms with E-state index in [0.29, 0.717) is 6.42 Å². The molecule has 2 atom stereocenters. The highest BCUT2D eigenvalue weighted by Crippen LogP contribution is 2.13. The quantitative estimate of drug-likeness (QED) is 0.473. The molecule has 0 aliphatic rings. The van der Waals surface area contributed by atoms with E-state index in [2.05, 4.69) is 17.9 Å². The number of carbonyl (C=O) groups is 1. The van der Waals surface area contributed by atoms with Crippen molar-refractivity contribution in [2.24, 2.45) is 0 Å². The third-order valence-electron chi connectivity index (χ3n) is 3.00. The van der Waals surface area contributed by atoms with E-state index in [1.54, 1.807) is 6.92 Å². The number of benzene rings is 1. The molecular formula is C13H20BNO3S. The lowest BCUT2D eigenvalue weighted by Gasteiger charge is -2.20. The van der Waals surface area contributed by atoms with Crippen LogP contribution < -0.4 is 5.32 Å². The summed E-state index contributed by atoms with van der Waals surface area (Å²) >= 11 is 4.02. The molecule has 0 fully saturated rings. The molecule has 104 valence electrons. The molecule has 19 heavy (non-hydrogen) atoms. The summed E-state index contributed by atoms with van der Waals surface area (Å²) in [5, 5.41) is 20.8. The smallest absolute Gasteiger partial charge is 0.426 e. The Hall–Kier alpha value is -0.975. The number of hydrogen-bond donors (Lipinski definition) is 4. The van der Waals surface area contributed by atoms with E-state index in [0.717, 1.165) is 16.7 Å². The van der Waals surface area contributed by atoms with Gasteiger partial charge in [0.2, 0.25) is 5.91 Å². The van der Waals surface area contributed by atoms with Crippen molar-refractivity contribution in [2.45, 2.75) is 38.4 Å². The molecule has 0 spiro atoms. The normalized spacial score (nSPS) is 13.8. The summed E-state index contributed by atoms with van der Waals surface area (Å²) in [7, 11) is -1.60. The molecular weight excluding hydrogens is 261 g/mol. The van der Waals surface area contributed by atoms with E-state index in [1.807, 2.05) is 32.0 Å². The molecule has 3 N–H and O–H groups in total. The average molecular weight is 281 g/mol. The van der Waals surface area contributed by atoms with E-state index in [-0.39, 0.29) is 5.91 Å². The van der Waals surface area contributed by atoms with Crippen LogP contribution in [0.4, 0.5) is 0 Å². The Kier molecular flexibility index (Phi) is 5.91. The van der Waals surface area contributed by atoms with Crippen LogP contribution in [-0.4, -0.2) is 34.3 Å². The Morgan fingerprint density at radius 2 is 2.05 bits per heavy atom. The van der Waals surface area contributed by atoms with Crippen molar-refractivity contribution >= 4 is 25.7 Å². The molecule has 1 rings (SSSR count). The summed E-state index contributed by atoms with van der Waals surface area (Å²) in [6.07, 6.45) is 0.371. The van der Waals surface area contributed by atoms with Gasteiger partial charge in [-0.15, -0.1) is 0 Å². The highest BCUT2D eigenvalue weighted by Gasteiger charge is 2.26. The molecule has 1 amide bonds. The Labute approximate surface area is 119 Å². The number of hydrogen-bond acceptors (Lipinski definition) is 4. The summed E-state index contributed by atoms with van der Waals surface area (Å²) in [5.41, 5.74) is 3.20. The molecule has 1 aromatic carbocycles. The van der Waals surface area contributed by atoms with Crippen LogP contribution in [0.25, 0.3) is 0 Å². The maximum Gasteiger partial charge on any atom is 0.475 e. The van der Waals surface area contributed by atoms with E-state index in [1.165, 1.54) is 0 Å². The Bertz CT molecular complexity index is 452. The Morgan fingerprint density at radius 1 is 1.42 bits per heavy atom. The van der Waals surface area contributed by atoms with Crippen LogP contribution in [-0.2, 0) is 11.2 Å². The number of thiol groups is 1. The average Bonchev–Trinajstić information content (AvgIpc) is 2.30. The van der Waals surface area contributed by atoms with E-state index in [9.17, 15) is 14.8 Å². The van der Waals surface area contributed by atoms with Crippen molar-refractivity contribution in [3.05, 3.63) is 34.9 Å². The second kappa shape index (κ2) is 6.98.